The molecule has 0 heterocycles. The molecule has 0 spiro atoms. The number of hydrogen-bond donors (Lipinski definition) is 3. The molecule has 0 bridgehead atoms. The molecule has 3 N–H and O–H groups in total. The molecular formula is C21H26N2O3. The lowest BCUT2D eigenvalue weighted by Crippen LogP contribution is -2.41. The molecule has 5 nitrogen and oxygen atoms in total. The molecule has 2 amide bonds. The van der Waals surface area contributed by atoms with Crippen molar-refractivity contribution in [2.75, 3.05) is 13.2 Å². The van der Waals surface area contributed by atoms with Gasteiger partial charge in [0.05, 0.1) is 6.04 Å². The van der Waals surface area contributed by atoms with Gasteiger partial charge in [0.15, 0.2) is 0 Å². The number of hydrogen-bond acceptors (Lipinski definition) is 3. The Labute approximate surface area is 154 Å². The van der Waals surface area contributed by atoms with Crippen LogP contribution in [0.25, 0.3) is 0 Å². The summed E-state index contributed by atoms with van der Waals surface area (Å²) in [5.41, 5.74) is 2.07. The first-order valence-electron chi connectivity index (χ1n) is 8.91. The fourth-order valence-corrected chi connectivity index (χ4v) is 2.89. The minimum absolute atomic E-state index is 0.0859. The zero-order valence-corrected chi connectivity index (χ0v) is 15.0. The Morgan fingerprint density at radius 2 is 1.46 bits per heavy atom. The van der Waals surface area contributed by atoms with Gasteiger partial charge in [-0.3, -0.25) is 9.59 Å². The van der Waals surface area contributed by atoms with Gasteiger partial charge in [0.2, 0.25) is 0 Å². The molecule has 26 heavy (non-hydrogen) atoms. The molecule has 0 aliphatic heterocycles. The van der Waals surface area contributed by atoms with E-state index in [9.17, 15) is 14.7 Å². The van der Waals surface area contributed by atoms with Crippen molar-refractivity contribution in [2.24, 2.45) is 0 Å². The minimum atomic E-state index is -0.639. The van der Waals surface area contributed by atoms with Gasteiger partial charge in [-0.25, -0.2) is 0 Å². The summed E-state index contributed by atoms with van der Waals surface area (Å²) >= 11 is 0. The number of benzene rings is 2. The second-order valence-electron chi connectivity index (χ2n) is 6.27. The Morgan fingerprint density at radius 1 is 0.885 bits per heavy atom. The summed E-state index contributed by atoms with van der Waals surface area (Å²) in [5.74, 6) is -1.13. The molecule has 5 heteroatoms. The lowest BCUT2D eigenvalue weighted by atomic mass is 9.93. The van der Waals surface area contributed by atoms with Gasteiger partial charge in [0.25, 0.3) is 0 Å². The number of nitrogens with one attached hydrogen (secondary N) is 2. The summed E-state index contributed by atoms with van der Waals surface area (Å²) in [6.45, 7) is 2.31. The number of amides is 2. The third kappa shape index (κ3) is 6.01. The third-order valence-corrected chi connectivity index (χ3v) is 4.38. The highest BCUT2D eigenvalue weighted by Crippen LogP contribution is 2.22. The molecule has 2 aromatic rings. The fraction of sp³-hybridized carbons (Fsp3) is 0.333. The van der Waals surface area contributed by atoms with E-state index >= 15 is 0 Å². The summed E-state index contributed by atoms with van der Waals surface area (Å²) in [6.07, 6.45) is 1.29. The van der Waals surface area contributed by atoms with Crippen molar-refractivity contribution in [3.05, 3.63) is 71.8 Å². The summed E-state index contributed by atoms with van der Waals surface area (Å²) < 4.78 is 0. The van der Waals surface area contributed by atoms with Crippen LogP contribution in [0.1, 0.15) is 42.9 Å². The van der Waals surface area contributed by atoms with Crippen LogP contribution in [0.2, 0.25) is 0 Å². The van der Waals surface area contributed by atoms with Crippen LogP contribution in [0.3, 0.4) is 0 Å². The normalized spacial score (nSPS) is 12.8. The van der Waals surface area contributed by atoms with Crippen molar-refractivity contribution in [1.82, 2.24) is 10.6 Å². The van der Waals surface area contributed by atoms with Gasteiger partial charge >= 0.3 is 11.8 Å². The standard InChI is InChI=1S/C21H26N2O3/c1-16(17-8-4-2-5-9-17)23-21(26)20(25)22-14-12-19(13-15-24)18-10-6-3-7-11-18/h2-11,16,19,24H,12-15H2,1H3,(H,22,25)(H,23,26). The van der Waals surface area contributed by atoms with E-state index in [0.717, 1.165) is 11.1 Å². The zero-order chi connectivity index (χ0) is 18.8. The van der Waals surface area contributed by atoms with E-state index in [4.69, 9.17) is 0 Å². The van der Waals surface area contributed by atoms with Gasteiger partial charge in [-0.05, 0) is 36.8 Å². The summed E-state index contributed by atoms with van der Waals surface area (Å²) in [6, 6.07) is 19.1. The lowest BCUT2D eigenvalue weighted by molar-refractivity contribution is -0.139. The molecule has 0 radical (unpaired) electrons. The molecule has 0 aliphatic rings. The number of carbonyl (C=O) groups excluding carboxylic acids is 2. The Balaban J connectivity index is 1.80. The second-order valence-corrected chi connectivity index (χ2v) is 6.27. The van der Waals surface area contributed by atoms with Gasteiger partial charge in [-0.2, -0.15) is 0 Å². The van der Waals surface area contributed by atoms with Crippen molar-refractivity contribution in [3.63, 3.8) is 0 Å². The minimum Gasteiger partial charge on any atom is -0.396 e. The predicted octanol–water partition coefficient (Wildman–Crippen LogP) is 2.54. The maximum absolute atomic E-state index is 12.0. The van der Waals surface area contributed by atoms with Gasteiger partial charge in [-0.1, -0.05) is 60.7 Å². The average molecular weight is 354 g/mol. The van der Waals surface area contributed by atoms with E-state index in [1.165, 1.54) is 0 Å². The van der Waals surface area contributed by atoms with Crippen LogP contribution in [-0.2, 0) is 9.59 Å². The van der Waals surface area contributed by atoms with Crippen LogP contribution >= 0.6 is 0 Å². The van der Waals surface area contributed by atoms with Crippen LogP contribution in [0.4, 0.5) is 0 Å². The van der Waals surface area contributed by atoms with Crippen LogP contribution < -0.4 is 10.6 Å². The average Bonchev–Trinajstić information content (AvgIpc) is 2.68. The van der Waals surface area contributed by atoms with E-state index in [1.807, 2.05) is 67.6 Å². The van der Waals surface area contributed by atoms with Crippen molar-refractivity contribution >= 4 is 11.8 Å². The maximum atomic E-state index is 12.0. The lowest BCUT2D eigenvalue weighted by Gasteiger charge is -2.17. The van der Waals surface area contributed by atoms with Crippen LogP contribution in [0, 0.1) is 0 Å². The Kier molecular flexibility index (Phi) is 7.83. The molecule has 2 unspecified atom stereocenters. The molecule has 2 atom stereocenters. The first kappa shape index (κ1) is 19.7. The molecule has 138 valence electrons. The van der Waals surface area contributed by atoms with E-state index in [1.54, 1.807) is 0 Å². The van der Waals surface area contributed by atoms with Crippen molar-refractivity contribution in [2.45, 2.75) is 31.7 Å². The monoisotopic (exact) mass is 354 g/mol. The number of rotatable bonds is 8. The maximum Gasteiger partial charge on any atom is 0.309 e. The fourth-order valence-electron chi connectivity index (χ4n) is 2.89. The molecule has 0 fully saturated rings. The SMILES string of the molecule is CC(NC(=O)C(=O)NCCC(CCO)c1ccccc1)c1ccccc1. The van der Waals surface area contributed by atoms with Crippen LogP contribution in [-0.4, -0.2) is 30.1 Å². The molecule has 2 aromatic carbocycles. The quantitative estimate of drug-likeness (QED) is 0.638. The molecule has 2 rings (SSSR count). The number of carbonyl (C=O) groups is 2. The smallest absolute Gasteiger partial charge is 0.309 e. The van der Waals surface area contributed by atoms with Gasteiger partial charge in [-0.15, -0.1) is 0 Å². The Hall–Kier alpha value is -2.66. The predicted molar refractivity (Wildman–Crippen MR) is 102 cm³/mol. The van der Waals surface area contributed by atoms with E-state index in [2.05, 4.69) is 10.6 Å². The summed E-state index contributed by atoms with van der Waals surface area (Å²) in [7, 11) is 0. The van der Waals surface area contributed by atoms with E-state index < -0.39 is 11.8 Å². The molecule has 0 aliphatic carbocycles. The third-order valence-electron chi connectivity index (χ3n) is 4.38. The van der Waals surface area contributed by atoms with E-state index in [0.29, 0.717) is 19.4 Å². The highest BCUT2D eigenvalue weighted by molar-refractivity contribution is 6.35. The topological polar surface area (TPSA) is 78.4 Å². The first-order valence-corrected chi connectivity index (χ1v) is 8.91. The van der Waals surface area contributed by atoms with Crippen LogP contribution in [0.15, 0.2) is 60.7 Å². The highest BCUT2D eigenvalue weighted by atomic mass is 16.3. The highest BCUT2D eigenvalue weighted by Gasteiger charge is 2.17. The number of aliphatic hydroxyl groups is 1. The molecular weight excluding hydrogens is 328 g/mol. The number of aliphatic hydroxyl groups excluding tert-OH is 1. The first-order chi connectivity index (χ1) is 12.6. The molecule has 0 saturated heterocycles. The Bertz CT molecular complexity index is 689. The summed E-state index contributed by atoms with van der Waals surface area (Å²) in [4.78, 5) is 24.0. The van der Waals surface area contributed by atoms with E-state index in [-0.39, 0.29) is 18.6 Å². The zero-order valence-electron chi connectivity index (χ0n) is 15.0. The van der Waals surface area contributed by atoms with Gasteiger partial charge in [0, 0.05) is 13.2 Å². The molecule has 0 saturated carbocycles. The van der Waals surface area contributed by atoms with Crippen molar-refractivity contribution < 1.29 is 14.7 Å². The van der Waals surface area contributed by atoms with Crippen LogP contribution in [0.5, 0.6) is 0 Å². The Morgan fingerprint density at radius 3 is 2.04 bits per heavy atom. The largest absolute Gasteiger partial charge is 0.396 e. The summed E-state index contributed by atoms with van der Waals surface area (Å²) in [5, 5.41) is 14.6. The molecule has 0 aromatic heterocycles. The van der Waals surface area contributed by atoms with Gasteiger partial charge in [0.1, 0.15) is 0 Å². The van der Waals surface area contributed by atoms with Crippen molar-refractivity contribution in [1.29, 1.82) is 0 Å². The second kappa shape index (κ2) is 10.4. The van der Waals surface area contributed by atoms with Crippen molar-refractivity contribution in [3.8, 4) is 0 Å². The van der Waals surface area contributed by atoms with Gasteiger partial charge < -0.3 is 15.7 Å².